The maximum absolute atomic E-state index is 5.63. The zero-order chi connectivity index (χ0) is 14.9. The minimum Gasteiger partial charge on any atom is -0.379 e. The topological polar surface area (TPSA) is 48.9 Å². The number of rotatable bonds is 8. The molecule has 2 rings (SSSR count). The fourth-order valence-electron chi connectivity index (χ4n) is 2.78. The van der Waals surface area contributed by atoms with Gasteiger partial charge < -0.3 is 20.3 Å². The minimum absolute atomic E-state index is 0. The predicted octanol–water partition coefficient (Wildman–Crippen LogP) is 2.07. The van der Waals surface area contributed by atoms with Gasteiger partial charge in [0.2, 0.25) is 0 Å². The third kappa shape index (κ3) is 7.97. The predicted molar refractivity (Wildman–Crippen MR) is 103 cm³/mol. The van der Waals surface area contributed by atoms with Crippen LogP contribution in [0.3, 0.4) is 0 Å². The molecule has 1 aliphatic heterocycles. The molecule has 130 valence electrons. The van der Waals surface area contributed by atoms with Gasteiger partial charge in [-0.1, -0.05) is 6.92 Å². The van der Waals surface area contributed by atoms with Gasteiger partial charge in [-0.25, -0.2) is 0 Å². The highest BCUT2D eigenvalue weighted by Gasteiger charge is 2.21. The third-order valence-electron chi connectivity index (χ3n) is 4.28. The number of hydrogen-bond donors (Lipinski definition) is 2. The van der Waals surface area contributed by atoms with Crippen molar-refractivity contribution in [3.63, 3.8) is 0 Å². The lowest BCUT2D eigenvalue weighted by Gasteiger charge is -2.32. The Labute approximate surface area is 152 Å². The Balaban J connectivity index is 0.00000242. The smallest absolute Gasteiger partial charge is 0.191 e. The quantitative estimate of drug-likeness (QED) is 0.271. The molecule has 0 spiro atoms. The van der Waals surface area contributed by atoms with E-state index in [9.17, 15) is 0 Å². The van der Waals surface area contributed by atoms with Gasteiger partial charge in [-0.3, -0.25) is 4.99 Å². The van der Waals surface area contributed by atoms with Crippen LogP contribution in [-0.2, 0) is 4.74 Å². The molecule has 0 amide bonds. The second-order valence-corrected chi connectivity index (χ2v) is 6.28. The number of guanidine groups is 1. The first-order valence-electron chi connectivity index (χ1n) is 8.59. The molecular weight excluding hydrogens is 391 g/mol. The molecule has 0 aromatic rings. The third-order valence-corrected chi connectivity index (χ3v) is 4.28. The average Bonchev–Trinajstić information content (AvgIpc) is 3.32. The Morgan fingerprint density at radius 3 is 2.55 bits per heavy atom. The number of hydrogen-bond acceptors (Lipinski definition) is 3. The van der Waals surface area contributed by atoms with Crippen LogP contribution in [0.4, 0.5) is 0 Å². The average molecular weight is 424 g/mol. The molecular formula is C16H33IN4O. The van der Waals surface area contributed by atoms with E-state index in [0.29, 0.717) is 6.04 Å². The van der Waals surface area contributed by atoms with E-state index in [-0.39, 0.29) is 24.0 Å². The molecule has 0 atom stereocenters. The van der Waals surface area contributed by atoms with Crippen LogP contribution < -0.4 is 10.6 Å². The summed E-state index contributed by atoms with van der Waals surface area (Å²) in [5.41, 5.74) is 0. The lowest BCUT2D eigenvalue weighted by Crippen LogP contribution is -2.49. The molecule has 1 heterocycles. The molecule has 5 nitrogen and oxygen atoms in total. The standard InChI is InChI=1S/C16H32N4O.HI/c1-3-9-20-10-6-15(7-11-20)19-16(17-2)18-8-12-21-13-14-4-5-14;/h14-15H,3-13H2,1-2H3,(H2,17,18,19);1H. The number of nitrogens with zero attached hydrogens (tertiary/aromatic N) is 2. The summed E-state index contributed by atoms with van der Waals surface area (Å²) in [6.45, 7) is 8.43. The van der Waals surface area contributed by atoms with Crippen molar-refractivity contribution in [2.75, 3.05) is 46.4 Å². The van der Waals surface area contributed by atoms with E-state index < -0.39 is 0 Å². The molecule has 2 N–H and O–H groups in total. The summed E-state index contributed by atoms with van der Waals surface area (Å²) < 4.78 is 5.63. The number of likely N-dealkylation sites (tertiary alicyclic amines) is 1. The summed E-state index contributed by atoms with van der Waals surface area (Å²) in [5.74, 6) is 1.76. The Hall–Kier alpha value is -0.0800. The van der Waals surface area contributed by atoms with Gasteiger partial charge in [0.1, 0.15) is 0 Å². The molecule has 2 fully saturated rings. The highest BCUT2D eigenvalue weighted by Crippen LogP contribution is 2.28. The molecule has 0 bridgehead atoms. The highest BCUT2D eigenvalue weighted by atomic mass is 127. The molecule has 0 radical (unpaired) electrons. The van der Waals surface area contributed by atoms with Crippen LogP contribution in [0, 0.1) is 5.92 Å². The van der Waals surface area contributed by atoms with Crippen LogP contribution in [0.2, 0.25) is 0 Å². The van der Waals surface area contributed by atoms with Gasteiger partial charge in [0.15, 0.2) is 5.96 Å². The Morgan fingerprint density at radius 1 is 1.23 bits per heavy atom. The number of aliphatic imine (C=N–C) groups is 1. The van der Waals surface area contributed by atoms with Crippen molar-refractivity contribution in [3.05, 3.63) is 0 Å². The van der Waals surface area contributed by atoms with Gasteiger partial charge in [0.25, 0.3) is 0 Å². The SMILES string of the molecule is CCCN1CCC(NC(=NC)NCCOCC2CC2)CC1.I. The van der Waals surface area contributed by atoms with Crippen LogP contribution in [-0.4, -0.2) is 63.3 Å². The van der Waals surface area contributed by atoms with Crippen LogP contribution >= 0.6 is 24.0 Å². The zero-order valence-corrected chi connectivity index (χ0v) is 16.5. The fraction of sp³-hybridized carbons (Fsp3) is 0.938. The fourth-order valence-corrected chi connectivity index (χ4v) is 2.78. The van der Waals surface area contributed by atoms with Gasteiger partial charge in [-0.15, -0.1) is 24.0 Å². The van der Waals surface area contributed by atoms with Gasteiger partial charge in [-0.2, -0.15) is 0 Å². The summed E-state index contributed by atoms with van der Waals surface area (Å²) in [5, 5.41) is 6.88. The summed E-state index contributed by atoms with van der Waals surface area (Å²) in [6, 6.07) is 0.552. The molecule has 1 saturated carbocycles. The molecule has 1 aliphatic carbocycles. The maximum atomic E-state index is 5.63. The van der Waals surface area contributed by atoms with Gasteiger partial charge in [0.05, 0.1) is 6.61 Å². The molecule has 2 aliphatic rings. The monoisotopic (exact) mass is 424 g/mol. The van der Waals surface area contributed by atoms with Crippen LogP contribution in [0.5, 0.6) is 0 Å². The van der Waals surface area contributed by atoms with Crippen LogP contribution in [0.1, 0.15) is 39.0 Å². The first-order chi connectivity index (χ1) is 10.3. The largest absolute Gasteiger partial charge is 0.379 e. The number of piperidine rings is 1. The Morgan fingerprint density at radius 2 is 1.95 bits per heavy atom. The summed E-state index contributed by atoms with van der Waals surface area (Å²) in [7, 11) is 1.84. The minimum atomic E-state index is 0. The van der Waals surface area contributed by atoms with E-state index in [1.54, 1.807) is 0 Å². The van der Waals surface area contributed by atoms with Crippen molar-refractivity contribution in [1.82, 2.24) is 15.5 Å². The van der Waals surface area contributed by atoms with Crippen LogP contribution in [0.25, 0.3) is 0 Å². The number of ether oxygens (including phenoxy) is 1. The van der Waals surface area contributed by atoms with Crippen molar-refractivity contribution < 1.29 is 4.74 Å². The van der Waals surface area contributed by atoms with Gasteiger partial charge in [-0.05, 0) is 44.6 Å². The molecule has 0 aromatic carbocycles. The first kappa shape index (κ1) is 20.0. The van der Waals surface area contributed by atoms with Crippen molar-refractivity contribution in [2.45, 2.75) is 45.1 Å². The maximum Gasteiger partial charge on any atom is 0.191 e. The van der Waals surface area contributed by atoms with Crippen LogP contribution in [0.15, 0.2) is 4.99 Å². The molecule has 22 heavy (non-hydrogen) atoms. The lowest BCUT2D eigenvalue weighted by atomic mass is 10.1. The second kappa shape index (κ2) is 11.5. The summed E-state index contributed by atoms with van der Waals surface area (Å²) >= 11 is 0. The van der Waals surface area contributed by atoms with E-state index in [0.717, 1.165) is 31.6 Å². The normalized spacial score (nSPS) is 20.5. The van der Waals surface area contributed by atoms with E-state index in [1.165, 1.54) is 51.7 Å². The van der Waals surface area contributed by atoms with Crippen molar-refractivity contribution in [1.29, 1.82) is 0 Å². The Bertz CT molecular complexity index is 315. The van der Waals surface area contributed by atoms with E-state index in [1.807, 2.05) is 7.05 Å². The molecule has 0 unspecified atom stereocenters. The van der Waals surface area contributed by atoms with E-state index >= 15 is 0 Å². The number of nitrogens with one attached hydrogen (secondary N) is 2. The van der Waals surface area contributed by atoms with Crippen molar-refractivity contribution in [2.24, 2.45) is 10.9 Å². The Kier molecular flexibility index (Phi) is 10.4. The summed E-state index contributed by atoms with van der Waals surface area (Å²) in [6.07, 6.45) is 6.38. The summed E-state index contributed by atoms with van der Waals surface area (Å²) in [4.78, 5) is 6.86. The van der Waals surface area contributed by atoms with Crippen molar-refractivity contribution in [3.8, 4) is 0 Å². The number of halogens is 1. The molecule has 6 heteroatoms. The van der Waals surface area contributed by atoms with E-state index in [2.05, 4.69) is 27.4 Å². The molecule has 1 saturated heterocycles. The molecule has 0 aromatic heterocycles. The van der Waals surface area contributed by atoms with Gasteiger partial charge in [0, 0.05) is 39.3 Å². The highest BCUT2D eigenvalue weighted by molar-refractivity contribution is 14.0. The van der Waals surface area contributed by atoms with Gasteiger partial charge >= 0.3 is 0 Å². The second-order valence-electron chi connectivity index (χ2n) is 6.28. The zero-order valence-electron chi connectivity index (χ0n) is 14.1. The lowest BCUT2D eigenvalue weighted by molar-refractivity contribution is 0.129. The first-order valence-corrected chi connectivity index (χ1v) is 8.59. The van der Waals surface area contributed by atoms with E-state index in [4.69, 9.17) is 4.74 Å². The van der Waals surface area contributed by atoms with Crippen molar-refractivity contribution >= 4 is 29.9 Å².